The van der Waals surface area contributed by atoms with Crippen LogP contribution in [0.25, 0.3) is 10.9 Å². The van der Waals surface area contributed by atoms with Crippen LogP contribution in [0.4, 0.5) is 5.69 Å². The van der Waals surface area contributed by atoms with Gasteiger partial charge in [-0.3, -0.25) is 4.98 Å². The lowest BCUT2D eigenvalue weighted by Gasteiger charge is -2.36. The van der Waals surface area contributed by atoms with E-state index in [-0.39, 0.29) is 5.72 Å². The number of ether oxygens (including phenoxy) is 1. The van der Waals surface area contributed by atoms with E-state index in [1.54, 1.807) is 0 Å². The van der Waals surface area contributed by atoms with Crippen molar-refractivity contribution in [2.75, 3.05) is 5.32 Å². The Morgan fingerprint density at radius 3 is 2.91 bits per heavy atom. The summed E-state index contributed by atoms with van der Waals surface area (Å²) in [6.45, 7) is 0. The van der Waals surface area contributed by atoms with E-state index < -0.39 is 0 Å². The fourth-order valence-electron chi connectivity index (χ4n) is 3.66. The molecule has 0 amide bonds. The highest BCUT2D eigenvalue weighted by molar-refractivity contribution is 5.86. The smallest absolute Gasteiger partial charge is 0.185 e. The van der Waals surface area contributed by atoms with Gasteiger partial charge in [-0.05, 0) is 29.7 Å². The van der Waals surface area contributed by atoms with Crippen molar-refractivity contribution in [3.63, 3.8) is 0 Å². The van der Waals surface area contributed by atoms with Gasteiger partial charge in [0.2, 0.25) is 0 Å². The van der Waals surface area contributed by atoms with Gasteiger partial charge in [-0.15, -0.1) is 0 Å². The largest absolute Gasteiger partial charge is 0.465 e. The number of anilines is 1. The van der Waals surface area contributed by atoms with Gasteiger partial charge in [-0.25, -0.2) is 0 Å². The number of aromatic nitrogens is 1. The van der Waals surface area contributed by atoms with Crippen LogP contribution in [0.15, 0.2) is 54.7 Å². The quantitative estimate of drug-likeness (QED) is 0.680. The number of hydrogen-bond acceptors (Lipinski definition) is 3. The van der Waals surface area contributed by atoms with E-state index >= 15 is 0 Å². The first kappa shape index (κ1) is 12.0. The van der Waals surface area contributed by atoms with Crippen molar-refractivity contribution in [1.82, 2.24) is 4.98 Å². The molecule has 0 bridgehead atoms. The summed E-state index contributed by atoms with van der Waals surface area (Å²) >= 11 is 0. The Morgan fingerprint density at radius 1 is 1.00 bits per heavy atom. The molecular weight excluding hydrogens is 272 g/mol. The molecule has 2 aromatic carbocycles. The Kier molecular flexibility index (Phi) is 2.31. The number of aryl methyl sites for hydroxylation is 1. The summed E-state index contributed by atoms with van der Waals surface area (Å²) in [6.07, 6.45) is 4.74. The molecule has 3 heterocycles. The van der Waals surface area contributed by atoms with Crippen molar-refractivity contribution in [2.24, 2.45) is 0 Å². The number of benzene rings is 2. The Balaban J connectivity index is 1.61. The van der Waals surface area contributed by atoms with Crippen LogP contribution in [-0.4, -0.2) is 10.7 Å². The standard InChI is InChI=1S/C19H16N2O/c1-2-6-16-15(4-1)12-19(21-16)10-9-14-8-7-13-5-3-11-20-17(13)18(14)22-19/h1-8,11,21H,9-10,12H2. The lowest BCUT2D eigenvalue weighted by Crippen LogP contribution is -2.45. The van der Waals surface area contributed by atoms with Gasteiger partial charge in [0.25, 0.3) is 0 Å². The van der Waals surface area contributed by atoms with Crippen molar-refractivity contribution >= 4 is 16.6 Å². The first-order chi connectivity index (χ1) is 10.8. The van der Waals surface area contributed by atoms with Gasteiger partial charge < -0.3 is 10.1 Å². The van der Waals surface area contributed by atoms with Gasteiger partial charge in [0.1, 0.15) is 5.52 Å². The Labute approximate surface area is 129 Å². The lowest BCUT2D eigenvalue weighted by atomic mass is 9.94. The summed E-state index contributed by atoms with van der Waals surface area (Å²) < 4.78 is 6.50. The van der Waals surface area contributed by atoms with E-state index in [1.807, 2.05) is 12.3 Å². The fourth-order valence-corrected chi connectivity index (χ4v) is 3.66. The molecule has 3 nitrogen and oxygen atoms in total. The summed E-state index contributed by atoms with van der Waals surface area (Å²) in [7, 11) is 0. The van der Waals surface area contributed by atoms with E-state index in [0.29, 0.717) is 0 Å². The molecule has 0 saturated heterocycles. The first-order valence-electron chi connectivity index (χ1n) is 7.75. The first-order valence-corrected chi connectivity index (χ1v) is 7.75. The van der Waals surface area contributed by atoms with E-state index in [0.717, 1.165) is 35.9 Å². The number of fused-ring (bicyclic) bond motifs is 4. The number of nitrogens with one attached hydrogen (secondary N) is 1. The van der Waals surface area contributed by atoms with Crippen LogP contribution >= 0.6 is 0 Å². The van der Waals surface area contributed by atoms with E-state index in [4.69, 9.17) is 4.74 Å². The summed E-state index contributed by atoms with van der Waals surface area (Å²) in [4.78, 5) is 4.55. The number of nitrogens with zero attached hydrogens (tertiary/aromatic N) is 1. The topological polar surface area (TPSA) is 34.1 Å². The van der Waals surface area contributed by atoms with Crippen LogP contribution < -0.4 is 10.1 Å². The molecule has 0 aliphatic carbocycles. The second-order valence-electron chi connectivity index (χ2n) is 6.18. The van der Waals surface area contributed by atoms with Crippen LogP contribution in [0.1, 0.15) is 17.5 Å². The van der Waals surface area contributed by atoms with Crippen LogP contribution in [0, 0.1) is 0 Å². The van der Waals surface area contributed by atoms with Crippen molar-refractivity contribution in [2.45, 2.75) is 25.0 Å². The van der Waals surface area contributed by atoms with E-state index in [1.165, 1.54) is 16.8 Å². The third-order valence-electron chi connectivity index (χ3n) is 4.76. The van der Waals surface area contributed by atoms with Gasteiger partial charge in [0.05, 0.1) is 0 Å². The molecule has 2 aliphatic rings. The third kappa shape index (κ3) is 1.65. The number of para-hydroxylation sites is 1. The Hall–Kier alpha value is -2.55. The molecule has 3 heteroatoms. The normalized spacial score (nSPS) is 22.0. The molecule has 1 N–H and O–H groups in total. The Bertz CT molecular complexity index is 862. The average Bonchev–Trinajstić information content (AvgIpc) is 2.92. The molecule has 2 aliphatic heterocycles. The molecule has 1 aromatic heterocycles. The summed E-state index contributed by atoms with van der Waals surface area (Å²) in [6, 6.07) is 16.8. The zero-order chi connectivity index (χ0) is 14.6. The third-order valence-corrected chi connectivity index (χ3v) is 4.76. The molecule has 0 fully saturated rings. The highest BCUT2D eigenvalue weighted by Crippen LogP contribution is 2.43. The molecule has 5 rings (SSSR count). The second kappa shape index (κ2) is 4.23. The maximum Gasteiger partial charge on any atom is 0.185 e. The average molecular weight is 288 g/mol. The summed E-state index contributed by atoms with van der Waals surface area (Å²) in [5, 5.41) is 4.74. The van der Waals surface area contributed by atoms with Crippen LogP contribution in [0.3, 0.4) is 0 Å². The maximum absolute atomic E-state index is 6.50. The lowest BCUT2D eigenvalue weighted by molar-refractivity contribution is 0.0839. The molecule has 1 unspecified atom stereocenters. The summed E-state index contributed by atoms with van der Waals surface area (Å²) in [5.74, 6) is 0.949. The predicted molar refractivity (Wildman–Crippen MR) is 87.2 cm³/mol. The van der Waals surface area contributed by atoms with Crippen LogP contribution in [-0.2, 0) is 12.8 Å². The van der Waals surface area contributed by atoms with E-state index in [9.17, 15) is 0 Å². The highest BCUT2D eigenvalue weighted by atomic mass is 16.5. The monoisotopic (exact) mass is 288 g/mol. The highest BCUT2D eigenvalue weighted by Gasteiger charge is 2.42. The minimum absolute atomic E-state index is 0.317. The predicted octanol–water partition coefficient (Wildman–Crippen LogP) is 3.92. The van der Waals surface area contributed by atoms with Gasteiger partial charge in [0.15, 0.2) is 11.5 Å². The molecule has 1 spiro atoms. The maximum atomic E-state index is 6.50. The minimum atomic E-state index is -0.317. The van der Waals surface area contributed by atoms with Gasteiger partial charge >= 0.3 is 0 Å². The number of pyridine rings is 1. The summed E-state index contributed by atoms with van der Waals surface area (Å²) in [5.41, 5.74) is 4.44. The van der Waals surface area contributed by atoms with Gasteiger partial charge in [-0.2, -0.15) is 0 Å². The molecule has 22 heavy (non-hydrogen) atoms. The van der Waals surface area contributed by atoms with Crippen LogP contribution in [0.5, 0.6) is 5.75 Å². The zero-order valence-electron chi connectivity index (χ0n) is 12.2. The minimum Gasteiger partial charge on any atom is -0.465 e. The molecule has 1 atom stereocenters. The number of hydrogen-bond donors (Lipinski definition) is 1. The van der Waals surface area contributed by atoms with Crippen molar-refractivity contribution in [1.29, 1.82) is 0 Å². The number of rotatable bonds is 0. The second-order valence-corrected chi connectivity index (χ2v) is 6.18. The van der Waals surface area contributed by atoms with E-state index in [2.05, 4.69) is 52.8 Å². The zero-order valence-corrected chi connectivity index (χ0v) is 12.2. The molecule has 3 aromatic rings. The fraction of sp³-hybridized carbons (Fsp3) is 0.211. The van der Waals surface area contributed by atoms with Crippen molar-refractivity contribution in [3.8, 4) is 5.75 Å². The van der Waals surface area contributed by atoms with Crippen molar-refractivity contribution in [3.05, 3.63) is 65.9 Å². The molecule has 0 saturated carbocycles. The molecular formula is C19H16N2O. The SMILES string of the molecule is c1ccc2c(c1)CC1(CCc3ccc4cccnc4c3O1)N2. The molecule has 0 radical (unpaired) electrons. The molecule has 108 valence electrons. The van der Waals surface area contributed by atoms with Gasteiger partial charge in [0, 0.05) is 30.1 Å². The van der Waals surface area contributed by atoms with Crippen molar-refractivity contribution < 1.29 is 4.74 Å². The van der Waals surface area contributed by atoms with Gasteiger partial charge in [-0.1, -0.05) is 36.4 Å². The Morgan fingerprint density at radius 2 is 1.95 bits per heavy atom. The van der Waals surface area contributed by atoms with Crippen LogP contribution in [0.2, 0.25) is 0 Å².